The minimum atomic E-state index is -1.06. The molecule has 2 aliphatic carbocycles. The van der Waals surface area contributed by atoms with Gasteiger partial charge in [-0.1, -0.05) is 101 Å². The van der Waals surface area contributed by atoms with Gasteiger partial charge in [0.25, 0.3) is 0 Å². The standard InChI is InChI=1S/C43H68N6O6/c1-5-33(44)25-38(50)32(21-29-15-9-6-10-16-29)24-39(51)35(22-30-17-11-7-12-18-30)47-41(53)37(26-34-27-45-28-46-34)48-40(52)36(23-31-19-13-8-14-20-31)49-42(54)55-43(2,3)4/h8,13-14,19-20,27-30,32-33,35-37,39,51H,5-7,9-12,15-18,21-26,44H2,1-4H3,(H,45,46)(H,47,53)(H,48,52)(H,49,54)/t32-,33?,35?,36?,37?,39?/m0/s1. The minimum Gasteiger partial charge on any atom is -0.444 e. The lowest BCUT2D eigenvalue weighted by molar-refractivity contribution is -0.131. The van der Waals surface area contributed by atoms with Crippen LogP contribution < -0.4 is 21.7 Å². The van der Waals surface area contributed by atoms with Gasteiger partial charge in [0.2, 0.25) is 11.8 Å². The summed E-state index contributed by atoms with van der Waals surface area (Å²) in [5.74, 6) is -0.506. The molecule has 12 nitrogen and oxygen atoms in total. The zero-order chi connectivity index (χ0) is 39.8. The Hall–Kier alpha value is -3.77. The highest BCUT2D eigenvalue weighted by molar-refractivity contribution is 5.91. The summed E-state index contributed by atoms with van der Waals surface area (Å²) in [5, 5.41) is 20.8. The van der Waals surface area contributed by atoms with Crippen LogP contribution in [-0.2, 0) is 32.0 Å². The molecule has 0 spiro atoms. The number of imidazole rings is 1. The molecule has 2 saturated carbocycles. The summed E-state index contributed by atoms with van der Waals surface area (Å²) in [6.45, 7) is 7.22. The van der Waals surface area contributed by atoms with Crippen molar-refractivity contribution in [2.75, 3.05) is 0 Å². The summed E-state index contributed by atoms with van der Waals surface area (Å²) >= 11 is 0. The number of ether oxygens (including phenoxy) is 1. The second-order valence-electron chi connectivity index (χ2n) is 17.2. The average molecular weight is 765 g/mol. The van der Waals surface area contributed by atoms with Crippen LogP contribution in [0.1, 0.15) is 135 Å². The number of nitrogens with one attached hydrogen (secondary N) is 4. The lowest BCUT2D eigenvalue weighted by atomic mass is 9.77. The van der Waals surface area contributed by atoms with Crippen LogP contribution in [0.15, 0.2) is 42.9 Å². The lowest BCUT2D eigenvalue weighted by Gasteiger charge is -2.34. The van der Waals surface area contributed by atoms with Gasteiger partial charge in [-0.15, -0.1) is 0 Å². The Morgan fingerprint density at radius 3 is 2.05 bits per heavy atom. The first-order valence-corrected chi connectivity index (χ1v) is 20.9. The first-order valence-electron chi connectivity index (χ1n) is 20.9. The first kappa shape index (κ1) is 44.0. The Bertz CT molecular complexity index is 1450. The van der Waals surface area contributed by atoms with Gasteiger partial charge in [0.15, 0.2) is 0 Å². The van der Waals surface area contributed by atoms with E-state index in [0.717, 1.165) is 63.4 Å². The number of H-pyrrole nitrogens is 1. The van der Waals surface area contributed by atoms with Gasteiger partial charge >= 0.3 is 6.09 Å². The maximum Gasteiger partial charge on any atom is 0.408 e. The van der Waals surface area contributed by atoms with E-state index >= 15 is 0 Å². The van der Waals surface area contributed by atoms with Crippen LogP contribution in [0.5, 0.6) is 0 Å². The van der Waals surface area contributed by atoms with Crippen LogP contribution in [0.4, 0.5) is 4.79 Å². The molecule has 4 rings (SSSR count). The molecule has 0 bridgehead atoms. The fourth-order valence-corrected chi connectivity index (χ4v) is 8.19. The van der Waals surface area contributed by atoms with E-state index in [1.54, 1.807) is 27.0 Å². The van der Waals surface area contributed by atoms with E-state index in [-0.39, 0.29) is 43.4 Å². The Balaban J connectivity index is 1.57. The van der Waals surface area contributed by atoms with E-state index in [1.807, 2.05) is 37.3 Å². The number of carbonyl (C=O) groups excluding carboxylic acids is 4. The lowest BCUT2D eigenvalue weighted by Crippen LogP contribution is -2.57. The third kappa shape index (κ3) is 15.7. The van der Waals surface area contributed by atoms with Crippen molar-refractivity contribution < 1.29 is 29.0 Å². The van der Waals surface area contributed by atoms with Crippen LogP contribution in [-0.4, -0.2) is 74.6 Å². The molecule has 0 aliphatic heterocycles. The predicted molar refractivity (Wildman–Crippen MR) is 214 cm³/mol. The highest BCUT2D eigenvalue weighted by atomic mass is 16.6. The van der Waals surface area contributed by atoms with Gasteiger partial charge in [-0.05, 0) is 63.9 Å². The summed E-state index contributed by atoms with van der Waals surface area (Å²) in [5.41, 5.74) is 6.93. The van der Waals surface area contributed by atoms with Crippen LogP contribution in [0.25, 0.3) is 0 Å². The Morgan fingerprint density at radius 2 is 1.47 bits per heavy atom. The van der Waals surface area contributed by atoms with E-state index in [2.05, 4.69) is 25.9 Å². The van der Waals surface area contributed by atoms with Crippen molar-refractivity contribution in [3.05, 3.63) is 54.1 Å². The topological polar surface area (TPSA) is 189 Å². The van der Waals surface area contributed by atoms with Gasteiger partial charge in [-0.2, -0.15) is 0 Å². The van der Waals surface area contributed by atoms with E-state index in [9.17, 15) is 24.3 Å². The Morgan fingerprint density at radius 1 is 0.873 bits per heavy atom. The molecule has 3 amide bonds. The number of benzene rings is 1. The van der Waals surface area contributed by atoms with Crippen molar-refractivity contribution in [3.63, 3.8) is 0 Å². The number of carbonyl (C=O) groups is 4. The Labute approximate surface area is 328 Å². The summed E-state index contributed by atoms with van der Waals surface area (Å²) in [6, 6.07) is 6.37. The molecule has 7 N–H and O–H groups in total. The number of hydrogen-bond donors (Lipinski definition) is 6. The average Bonchev–Trinajstić information content (AvgIpc) is 3.67. The molecule has 0 radical (unpaired) electrons. The molecule has 2 aromatic rings. The molecule has 1 heterocycles. The number of aliphatic hydroxyl groups excluding tert-OH is 1. The molecule has 1 aromatic heterocycles. The van der Waals surface area contributed by atoms with Gasteiger partial charge in [0.05, 0.1) is 18.5 Å². The van der Waals surface area contributed by atoms with E-state index in [1.165, 1.54) is 19.2 Å². The SMILES string of the molecule is CCC(N)CC(=O)[C@@H](CC1CCCCC1)CC(O)C(CC1CCCCC1)NC(=O)C(Cc1cnc[nH]1)NC(=O)C(Cc1ccccc1)NC(=O)OC(C)(C)C. The normalized spacial score (nSPS) is 18.9. The van der Waals surface area contributed by atoms with Crippen LogP contribution in [0.2, 0.25) is 0 Å². The third-order valence-corrected chi connectivity index (χ3v) is 11.3. The molecule has 2 fully saturated rings. The van der Waals surface area contributed by atoms with Crippen LogP contribution in [0, 0.1) is 17.8 Å². The number of Topliss-reactive ketones (excluding diaryl/α,β-unsaturated/α-hetero) is 1. The number of alkyl carbamates (subject to hydrolysis) is 1. The number of ketones is 1. The highest BCUT2D eigenvalue weighted by Crippen LogP contribution is 2.34. The number of aliphatic hydroxyl groups is 1. The van der Waals surface area contributed by atoms with E-state index in [4.69, 9.17) is 10.5 Å². The number of aromatic amines is 1. The number of nitrogens with two attached hydrogens (primary N) is 1. The van der Waals surface area contributed by atoms with Gasteiger partial charge in [-0.25, -0.2) is 9.78 Å². The summed E-state index contributed by atoms with van der Waals surface area (Å²) in [7, 11) is 0. The number of aromatic nitrogens is 2. The first-order chi connectivity index (χ1) is 26.3. The molecule has 5 unspecified atom stereocenters. The van der Waals surface area contributed by atoms with Crippen molar-refractivity contribution in [2.24, 2.45) is 23.5 Å². The minimum absolute atomic E-state index is 0.0908. The monoisotopic (exact) mass is 765 g/mol. The molecule has 12 heteroatoms. The molecule has 6 atom stereocenters. The number of amides is 3. The second-order valence-corrected chi connectivity index (χ2v) is 17.2. The van der Waals surface area contributed by atoms with Crippen molar-refractivity contribution >= 4 is 23.7 Å². The van der Waals surface area contributed by atoms with Crippen molar-refractivity contribution in [1.29, 1.82) is 0 Å². The molecule has 2 aliphatic rings. The summed E-state index contributed by atoms with van der Waals surface area (Å²) in [4.78, 5) is 62.3. The quantitative estimate of drug-likeness (QED) is 0.0938. The molecule has 0 saturated heterocycles. The second kappa shape index (κ2) is 22.1. The van der Waals surface area contributed by atoms with Crippen LogP contribution >= 0.6 is 0 Å². The Kier molecular flexibility index (Phi) is 17.7. The fraction of sp³-hybridized carbons (Fsp3) is 0.698. The highest BCUT2D eigenvalue weighted by Gasteiger charge is 2.35. The van der Waals surface area contributed by atoms with Crippen LogP contribution in [0.3, 0.4) is 0 Å². The molecular formula is C43H68N6O6. The maximum absolute atomic E-state index is 14.4. The molecule has 1 aromatic carbocycles. The largest absolute Gasteiger partial charge is 0.444 e. The van der Waals surface area contributed by atoms with Gasteiger partial charge in [-0.3, -0.25) is 14.4 Å². The van der Waals surface area contributed by atoms with Gasteiger partial charge in [0, 0.05) is 43.1 Å². The maximum atomic E-state index is 14.4. The molecule has 55 heavy (non-hydrogen) atoms. The predicted octanol–water partition coefficient (Wildman–Crippen LogP) is 6.06. The summed E-state index contributed by atoms with van der Waals surface area (Å²) in [6.07, 6.45) is 15.3. The van der Waals surface area contributed by atoms with Crippen molar-refractivity contribution in [3.8, 4) is 0 Å². The van der Waals surface area contributed by atoms with Gasteiger partial charge < -0.3 is 36.5 Å². The van der Waals surface area contributed by atoms with Crippen molar-refractivity contribution in [1.82, 2.24) is 25.9 Å². The van der Waals surface area contributed by atoms with Crippen molar-refractivity contribution in [2.45, 2.75) is 173 Å². The zero-order valence-electron chi connectivity index (χ0n) is 33.7. The van der Waals surface area contributed by atoms with E-state index < -0.39 is 47.7 Å². The third-order valence-electron chi connectivity index (χ3n) is 11.3. The number of rotatable bonds is 20. The zero-order valence-corrected chi connectivity index (χ0v) is 33.7. The molecular weight excluding hydrogens is 697 g/mol. The van der Waals surface area contributed by atoms with E-state index in [0.29, 0.717) is 30.4 Å². The smallest absolute Gasteiger partial charge is 0.408 e. The number of hydrogen-bond acceptors (Lipinski definition) is 8. The molecule has 306 valence electrons. The van der Waals surface area contributed by atoms with Gasteiger partial charge in [0.1, 0.15) is 23.5 Å². The fourth-order valence-electron chi connectivity index (χ4n) is 8.19. The number of nitrogens with zero attached hydrogens (tertiary/aromatic N) is 1. The summed E-state index contributed by atoms with van der Waals surface area (Å²) < 4.78 is 5.49.